The molecule has 1 heterocycles. The molecule has 1 saturated heterocycles. The van der Waals surface area contributed by atoms with E-state index in [1.165, 1.54) is 16.8 Å². The minimum Gasteiger partial charge on any atom is -0.465 e. The van der Waals surface area contributed by atoms with Gasteiger partial charge in [0, 0.05) is 33.2 Å². The van der Waals surface area contributed by atoms with Crippen molar-refractivity contribution in [2.75, 3.05) is 33.2 Å². The van der Waals surface area contributed by atoms with Crippen LogP contribution in [0.1, 0.15) is 59.8 Å². The van der Waals surface area contributed by atoms with E-state index in [2.05, 4.69) is 5.32 Å². The molecule has 0 aromatic heterocycles. The number of piperazine rings is 1. The van der Waals surface area contributed by atoms with Crippen molar-refractivity contribution in [3.8, 4) is 0 Å². The van der Waals surface area contributed by atoms with Crippen molar-refractivity contribution in [1.29, 1.82) is 0 Å². The molecule has 10 nitrogen and oxygen atoms in total. The molecule has 2 aliphatic rings. The van der Waals surface area contributed by atoms with E-state index in [1.807, 2.05) is 0 Å². The number of likely N-dealkylation sites (N-methyl/N-ethyl adjacent to an activating group) is 1. The Kier molecular flexibility index (Phi) is 8.74. The van der Waals surface area contributed by atoms with Crippen LogP contribution in [0.3, 0.4) is 0 Å². The molecule has 0 unspecified atom stereocenters. The molecule has 0 bridgehead atoms. The Hall–Kier alpha value is -2.52. The van der Waals surface area contributed by atoms with Crippen molar-refractivity contribution < 1.29 is 29.0 Å². The maximum Gasteiger partial charge on any atom is 0.410 e. The van der Waals surface area contributed by atoms with Crippen LogP contribution in [0.15, 0.2) is 0 Å². The summed E-state index contributed by atoms with van der Waals surface area (Å²) >= 11 is 0. The van der Waals surface area contributed by atoms with Gasteiger partial charge in [0.1, 0.15) is 17.7 Å². The van der Waals surface area contributed by atoms with E-state index in [1.54, 1.807) is 32.6 Å². The first-order valence-corrected chi connectivity index (χ1v) is 11.4. The van der Waals surface area contributed by atoms with Gasteiger partial charge in [0.25, 0.3) is 0 Å². The summed E-state index contributed by atoms with van der Waals surface area (Å²) in [7, 11) is 1.50. The summed E-state index contributed by atoms with van der Waals surface area (Å²) < 4.78 is 5.34. The van der Waals surface area contributed by atoms with Gasteiger partial charge in [0.2, 0.25) is 11.8 Å². The molecule has 32 heavy (non-hydrogen) atoms. The van der Waals surface area contributed by atoms with Gasteiger partial charge in [-0.1, -0.05) is 19.3 Å². The van der Waals surface area contributed by atoms with Crippen LogP contribution in [0.2, 0.25) is 0 Å². The van der Waals surface area contributed by atoms with E-state index in [-0.39, 0.29) is 24.9 Å². The van der Waals surface area contributed by atoms with Gasteiger partial charge < -0.3 is 25.0 Å². The average Bonchev–Trinajstić information content (AvgIpc) is 2.75. The molecule has 0 aromatic carbocycles. The lowest BCUT2D eigenvalue weighted by Crippen LogP contribution is -2.59. The van der Waals surface area contributed by atoms with Gasteiger partial charge in [-0.15, -0.1) is 0 Å². The Balaban J connectivity index is 2.08. The lowest BCUT2D eigenvalue weighted by Gasteiger charge is -2.38. The van der Waals surface area contributed by atoms with Crippen molar-refractivity contribution in [1.82, 2.24) is 20.0 Å². The van der Waals surface area contributed by atoms with Gasteiger partial charge in [0.15, 0.2) is 0 Å². The van der Waals surface area contributed by atoms with Crippen molar-refractivity contribution in [2.24, 2.45) is 5.92 Å². The van der Waals surface area contributed by atoms with E-state index in [0.29, 0.717) is 13.1 Å². The summed E-state index contributed by atoms with van der Waals surface area (Å²) in [5.74, 6) is -0.564. The molecule has 2 atom stereocenters. The molecular formula is C22H38N4O6. The molecule has 0 radical (unpaired) electrons. The van der Waals surface area contributed by atoms with E-state index < -0.39 is 35.8 Å². The lowest BCUT2D eigenvalue weighted by atomic mass is 9.83. The fraction of sp³-hybridized carbons (Fsp3) is 0.818. The number of carboxylic acid groups (broad SMARTS) is 1. The summed E-state index contributed by atoms with van der Waals surface area (Å²) in [4.78, 5) is 54.1. The van der Waals surface area contributed by atoms with E-state index in [4.69, 9.17) is 9.84 Å². The van der Waals surface area contributed by atoms with Crippen molar-refractivity contribution >= 4 is 24.0 Å². The molecule has 4 amide bonds. The number of carbonyl (C=O) groups excluding carboxylic acids is 3. The molecular weight excluding hydrogens is 416 g/mol. The second kappa shape index (κ2) is 10.9. The number of carbonyl (C=O) groups is 4. The fourth-order valence-corrected chi connectivity index (χ4v) is 4.11. The number of nitrogens with one attached hydrogen (secondary N) is 1. The van der Waals surface area contributed by atoms with Gasteiger partial charge >= 0.3 is 12.2 Å². The van der Waals surface area contributed by atoms with Crippen molar-refractivity contribution in [3.05, 3.63) is 0 Å². The topological polar surface area (TPSA) is 119 Å². The normalized spacial score (nSPS) is 19.7. The Labute approximate surface area is 190 Å². The number of nitrogens with zero attached hydrogens (tertiary/aromatic N) is 3. The highest BCUT2D eigenvalue weighted by Crippen LogP contribution is 2.28. The van der Waals surface area contributed by atoms with Crippen molar-refractivity contribution in [2.45, 2.75) is 77.5 Å². The van der Waals surface area contributed by atoms with E-state index in [0.717, 1.165) is 32.1 Å². The predicted octanol–water partition coefficient (Wildman–Crippen LogP) is 2.13. The Morgan fingerprint density at radius 3 is 2.03 bits per heavy atom. The second-order valence-corrected chi connectivity index (χ2v) is 9.75. The lowest BCUT2D eigenvalue weighted by molar-refractivity contribution is -0.140. The monoisotopic (exact) mass is 454 g/mol. The third kappa shape index (κ3) is 7.00. The first kappa shape index (κ1) is 25.7. The minimum atomic E-state index is -0.992. The zero-order valence-electron chi connectivity index (χ0n) is 19.9. The van der Waals surface area contributed by atoms with Crippen LogP contribution < -0.4 is 5.32 Å². The molecule has 0 spiro atoms. The summed E-state index contributed by atoms with van der Waals surface area (Å²) in [6.07, 6.45) is 3.22. The largest absolute Gasteiger partial charge is 0.465 e. The number of amides is 4. The Morgan fingerprint density at radius 1 is 1.00 bits per heavy atom. The fourth-order valence-electron chi connectivity index (χ4n) is 4.11. The highest BCUT2D eigenvalue weighted by atomic mass is 16.6. The molecule has 1 aliphatic heterocycles. The maximum absolute atomic E-state index is 13.4. The van der Waals surface area contributed by atoms with Crippen LogP contribution >= 0.6 is 0 Å². The highest BCUT2D eigenvalue weighted by Gasteiger charge is 2.37. The van der Waals surface area contributed by atoms with Crippen LogP contribution in [0.5, 0.6) is 0 Å². The molecule has 1 aliphatic carbocycles. The quantitative estimate of drug-likeness (QED) is 0.657. The van der Waals surface area contributed by atoms with Crippen LogP contribution in [0.25, 0.3) is 0 Å². The molecule has 2 fully saturated rings. The summed E-state index contributed by atoms with van der Waals surface area (Å²) in [6.45, 7) is 7.99. The Morgan fingerprint density at radius 2 is 1.53 bits per heavy atom. The highest BCUT2D eigenvalue weighted by molar-refractivity contribution is 5.91. The maximum atomic E-state index is 13.4. The van der Waals surface area contributed by atoms with E-state index >= 15 is 0 Å². The van der Waals surface area contributed by atoms with Gasteiger partial charge in [-0.2, -0.15) is 0 Å². The minimum absolute atomic E-state index is 0.0248. The first-order valence-electron chi connectivity index (χ1n) is 11.4. The van der Waals surface area contributed by atoms with Crippen LogP contribution in [0, 0.1) is 5.92 Å². The SMILES string of the molecule is C[C@@H](C(=O)N[C@H](C(=O)N1CCN(C(=O)O)CC1)C1CCCCC1)N(C)C(=O)OC(C)(C)C. The van der Waals surface area contributed by atoms with Gasteiger partial charge in [-0.3, -0.25) is 14.5 Å². The molecule has 0 aromatic rings. The standard InChI is InChI=1S/C22H38N4O6/c1-15(24(5)21(31)32-22(2,3)4)18(27)23-17(16-9-7-6-8-10-16)19(28)25-11-13-26(14-12-25)20(29)30/h15-17H,6-14H2,1-5H3,(H,23,27)(H,29,30)/t15-,17-/m0/s1. The zero-order chi connectivity index (χ0) is 24.1. The second-order valence-electron chi connectivity index (χ2n) is 9.75. The van der Waals surface area contributed by atoms with Crippen LogP contribution in [-0.2, 0) is 14.3 Å². The Bertz CT molecular complexity index is 693. The average molecular weight is 455 g/mol. The first-order chi connectivity index (χ1) is 14.9. The van der Waals surface area contributed by atoms with Crippen LogP contribution in [-0.4, -0.2) is 94.7 Å². The van der Waals surface area contributed by atoms with Gasteiger partial charge in [-0.25, -0.2) is 9.59 Å². The van der Waals surface area contributed by atoms with Gasteiger partial charge in [-0.05, 0) is 46.5 Å². The molecule has 2 N–H and O–H groups in total. The van der Waals surface area contributed by atoms with E-state index in [9.17, 15) is 19.2 Å². The third-order valence-corrected chi connectivity index (χ3v) is 6.19. The number of ether oxygens (including phenoxy) is 1. The summed E-state index contributed by atoms with van der Waals surface area (Å²) in [5, 5.41) is 12.1. The zero-order valence-corrected chi connectivity index (χ0v) is 19.9. The number of hydrogen-bond acceptors (Lipinski definition) is 5. The summed E-state index contributed by atoms with van der Waals surface area (Å²) in [6, 6.07) is -1.50. The molecule has 10 heteroatoms. The molecule has 2 rings (SSSR count). The number of hydrogen-bond donors (Lipinski definition) is 2. The van der Waals surface area contributed by atoms with Gasteiger partial charge in [0.05, 0.1) is 0 Å². The molecule has 182 valence electrons. The van der Waals surface area contributed by atoms with Crippen LogP contribution in [0.4, 0.5) is 9.59 Å². The number of rotatable bonds is 5. The predicted molar refractivity (Wildman–Crippen MR) is 118 cm³/mol. The third-order valence-electron chi connectivity index (χ3n) is 6.19. The smallest absolute Gasteiger partial charge is 0.410 e. The van der Waals surface area contributed by atoms with Crippen molar-refractivity contribution in [3.63, 3.8) is 0 Å². The summed E-state index contributed by atoms with van der Waals surface area (Å²) in [5.41, 5.74) is -0.680. The molecule has 1 saturated carbocycles.